The molecule has 1 heterocycles. The highest BCUT2D eigenvalue weighted by atomic mass is 35.5. The third-order valence-electron chi connectivity index (χ3n) is 2.79. The molecule has 1 aromatic heterocycles. The van der Waals surface area contributed by atoms with E-state index in [0.29, 0.717) is 5.02 Å². The highest BCUT2D eigenvalue weighted by Gasteiger charge is 2.07. The normalized spacial score (nSPS) is 10.8. The number of nitrogens with zero attached hydrogens (tertiary/aromatic N) is 3. The van der Waals surface area contributed by atoms with Crippen LogP contribution in [0, 0.1) is 0 Å². The molecular weight excluding hydrogens is 248 g/mol. The largest absolute Gasteiger partial charge is 0.352 e. The summed E-state index contributed by atoms with van der Waals surface area (Å²) in [4.78, 5) is 0. The second-order valence-corrected chi connectivity index (χ2v) is 4.40. The van der Waals surface area contributed by atoms with E-state index in [1.165, 1.54) is 0 Å². The zero-order chi connectivity index (χ0) is 12.5. The fourth-order valence-electron chi connectivity index (χ4n) is 1.87. The summed E-state index contributed by atoms with van der Waals surface area (Å²) in [5.74, 6) is 0. The molecule has 18 heavy (non-hydrogen) atoms. The molecule has 3 aromatic rings. The van der Waals surface area contributed by atoms with Gasteiger partial charge in [-0.25, -0.2) is 4.68 Å². The fraction of sp³-hybridized carbons (Fsp3) is 0.0769. The van der Waals surface area contributed by atoms with Gasteiger partial charge in [-0.3, -0.25) is 0 Å². The molecule has 2 aromatic carbocycles. The Balaban J connectivity index is 2.08. The molecular formula is C13H11ClN4. The topological polar surface area (TPSA) is 42.7 Å². The first kappa shape index (κ1) is 11.0. The molecule has 0 saturated heterocycles. The summed E-state index contributed by atoms with van der Waals surface area (Å²) >= 11 is 6.13. The van der Waals surface area contributed by atoms with E-state index in [4.69, 9.17) is 11.6 Å². The van der Waals surface area contributed by atoms with Crippen LogP contribution in [0.1, 0.15) is 0 Å². The minimum absolute atomic E-state index is 0.679. The van der Waals surface area contributed by atoms with Gasteiger partial charge in [0.2, 0.25) is 0 Å². The van der Waals surface area contributed by atoms with Crippen molar-refractivity contribution >= 4 is 34.0 Å². The van der Waals surface area contributed by atoms with Crippen molar-refractivity contribution in [3.8, 4) is 0 Å². The van der Waals surface area contributed by atoms with E-state index in [9.17, 15) is 0 Å². The van der Waals surface area contributed by atoms with E-state index in [-0.39, 0.29) is 0 Å². The Hall–Kier alpha value is -2.07. The predicted molar refractivity (Wildman–Crippen MR) is 73.2 cm³/mol. The quantitative estimate of drug-likeness (QED) is 0.766. The zero-order valence-electron chi connectivity index (χ0n) is 9.76. The summed E-state index contributed by atoms with van der Waals surface area (Å²) in [6.07, 6.45) is 0. The number of para-hydroxylation sites is 1. The first-order valence-electron chi connectivity index (χ1n) is 5.55. The van der Waals surface area contributed by atoms with Crippen molar-refractivity contribution in [2.45, 2.75) is 0 Å². The first-order valence-corrected chi connectivity index (χ1v) is 5.93. The van der Waals surface area contributed by atoms with Gasteiger partial charge in [0, 0.05) is 7.05 Å². The van der Waals surface area contributed by atoms with Crippen molar-refractivity contribution in [2.75, 3.05) is 5.32 Å². The Bertz CT molecular complexity index is 705. The number of benzene rings is 2. The van der Waals surface area contributed by atoms with Gasteiger partial charge in [0.15, 0.2) is 0 Å². The number of nitrogens with one attached hydrogen (secondary N) is 1. The minimum atomic E-state index is 0.679. The SMILES string of the molecule is Cn1nnc2c(Nc3ccccc3Cl)cccc21. The molecule has 0 aliphatic heterocycles. The van der Waals surface area contributed by atoms with Gasteiger partial charge in [0.05, 0.1) is 21.9 Å². The lowest BCUT2D eigenvalue weighted by molar-refractivity contribution is 0.736. The molecule has 4 nitrogen and oxygen atoms in total. The van der Waals surface area contributed by atoms with Crippen LogP contribution in [0.5, 0.6) is 0 Å². The van der Waals surface area contributed by atoms with Crippen LogP contribution < -0.4 is 5.32 Å². The van der Waals surface area contributed by atoms with Crippen molar-refractivity contribution < 1.29 is 0 Å². The molecule has 0 spiro atoms. The Morgan fingerprint density at radius 3 is 2.67 bits per heavy atom. The van der Waals surface area contributed by atoms with E-state index in [1.54, 1.807) is 4.68 Å². The molecule has 0 aliphatic carbocycles. The van der Waals surface area contributed by atoms with Gasteiger partial charge in [-0.05, 0) is 24.3 Å². The number of aryl methyl sites for hydroxylation is 1. The number of aromatic nitrogens is 3. The maximum absolute atomic E-state index is 6.13. The second kappa shape index (κ2) is 4.31. The van der Waals surface area contributed by atoms with Gasteiger partial charge >= 0.3 is 0 Å². The monoisotopic (exact) mass is 258 g/mol. The highest BCUT2D eigenvalue weighted by Crippen LogP contribution is 2.28. The van der Waals surface area contributed by atoms with Gasteiger partial charge in [0.1, 0.15) is 5.52 Å². The lowest BCUT2D eigenvalue weighted by atomic mass is 10.2. The Kier molecular flexibility index (Phi) is 2.64. The van der Waals surface area contributed by atoms with E-state index in [1.807, 2.05) is 49.5 Å². The molecule has 0 amide bonds. The van der Waals surface area contributed by atoms with Gasteiger partial charge in [-0.1, -0.05) is 35.0 Å². The number of fused-ring (bicyclic) bond motifs is 1. The molecule has 0 saturated carbocycles. The third-order valence-corrected chi connectivity index (χ3v) is 3.12. The minimum Gasteiger partial charge on any atom is -0.352 e. The first-order chi connectivity index (χ1) is 8.75. The number of rotatable bonds is 2. The van der Waals surface area contributed by atoms with Crippen LogP contribution in [0.4, 0.5) is 11.4 Å². The smallest absolute Gasteiger partial charge is 0.136 e. The molecule has 5 heteroatoms. The molecule has 0 fully saturated rings. The van der Waals surface area contributed by atoms with E-state index >= 15 is 0 Å². The average molecular weight is 259 g/mol. The zero-order valence-corrected chi connectivity index (χ0v) is 10.5. The maximum Gasteiger partial charge on any atom is 0.136 e. The Morgan fingerprint density at radius 2 is 1.83 bits per heavy atom. The summed E-state index contributed by atoms with van der Waals surface area (Å²) in [6.45, 7) is 0. The van der Waals surface area contributed by atoms with Crippen molar-refractivity contribution in [1.29, 1.82) is 0 Å². The molecule has 0 bridgehead atoms. The van der Waals surface area contributed by atoms with Crippen molar-refractivity contribution in [2.24, 2.45) is 7.05 Å². The number of anilines is 2. The Labute approximate surface area is 109 Å². The maximum atomic E-state index is 6.13. The Morgan fingerprint density at radius 1 is 1.06 bits per heavy atom. The molecule has 0 unspecified atom stereocenters. The van der Waals surface area contributed by atoms with Crippen LogP contribution in [-0.2, 0) is 7.05 Å². The molecule has 1 N–H and O–H groups in total. The summed E-state index contributed by atoms with van der Waals surface area (Å²) in [6, 6.07) is 13.5. The number of hydrogen-bond donors (Lipinski definition) is 1. The molecule has 90 valence electrons. The lowest BCUT2D eigenvalue weighted by Gasteiger charge is -2.08. The van der Waals surface area contributed by atoms with Crippen LogP contribution in [-0.4, -0.2) is 15.0 Å². The van der Waals surface area contributed by atoms with E-state index in [2.05, 4.69) is 15.6 Å². The number of halogens is 1. The van der Waals surface area contributed by atoms with Crippen LogP contribution in [0.25, 0.3) is 11.0 Å². The molecule has 0 aliphatic rings. The molecule has 3 rings (SSSR count). The summed E-state index contributed by atoms with van der Waals surface area (Å²) in [5, 5.41) is 12.1. The third kappa shape index (κ3) is 1.80. The molecule has 0 radical (unpaired) electrons. The second-order valence-electron chi connectivity index (χ2n) is 3.99. The summed E-state index contributed by atoms with van der Waals surface area (Å²) in [7, 11) is 1.87. The van der Waals surface area contributed by atoms with Gasteiger partial charge in [-0.15, -0.1) is 5.10 Å². The van der Waals surface area contributed by atoms with Crippen molar-refractivity contribution in [1.82, 2.24) is 15.0 Å². The van der Waals surface area contributed by atoms with Crippen molar-refractivity contribution in [3.63, 3.8) is 0 Å². The van der Waals surface area contributed by atoms with Gasteiger partial charge in [-0.2, -0.15) is 0 Å². The van der Waals surface area contributed by atoms with E-state index < -0.39 is 0 Å². The standard InChI is InChI=1S/C13H11ClN4/c1-18-12-8-4-7-11(13(12)16-17-18)15-10-6-3-2-5-9(10)14/h2-8,15H,1H3. The predicted octanol–water partition coefficient (Wildman–Crippen LogP) is 3.37. The molecule has 0 atom stereocenters. The highest BCUT2D eigenvalue weighted by molar-refractivity contribution is 6.33. The van der Waals surface area contributed by atoms with Crippen molar-refractivity contribution in [3.05, 3.63) is 47.5 Å². The van der Waals surface area contributed by atoms with Gasteiger partial charge in [0.25, 0.3) is 0 Å². The van der Waals surface area contributed by atoms with Crippen LogP contribution >= 0.6 is 11.6 Å². The lowest BCUT2D eigenvalue weighted by Crippen LogP contribution is -1.92. The summed E-state index contributed by atoms with van der Waals surface area (Å²) < 4.78 is 1.74. The van der Waals surface area contributed by atoms with Crippen LogP contribution in [0.2, 0.25) is 5.02 Å². The average Bonchev–Trinajstić information content (AvgIpc) is 2.76. The fourth-order valence-corrected chi connectivity index (χ4v) is 2.05. The number of hydrogen-bond acceptors (Lipinski definition) is 3. The summed E-state index contributed by atoms with van der Waals surface area (Å²) in [5.41, 5.74) is 3.57. The van der Waals surface area contributed by atoms with Gasteiger partial charge < -0.3 is 5.32 Å². The van der Waals surface area contributed by atoms with Crippen LogP contribution in [0.15, 0.2) is 42.5 Å². The van der Waals surface area contributed by atoms with E-state index in [0.717, 1.165) is 22.4 Å². The van der Waals surface area contributed by atoms with Crippen LogP contribution in [0.3, 0.4) is 0 Å².